The maximum Gasteiger partial charge on any atom is 0.0465 e. The summed E-state index contributed by atoms with van der Waals surface area (Å²) < 4.78 is 0. The highest BCUT2D eigenvalue weighted by molar-refractivity contribution is 7.98. The molecule has 0 saturated carbocycles. The topological polar surface area (TPSA) is 15.8 Å². The van der Waals surface area contributed by atoms with Crippen LogP contribution in [0.15, 0.2) is 46.2 Å². The van der Waals surface area contributed by atoms with E-state index in [0.717, 1.165) is 0 Å². The van der Waals surface area contributed by atoms with Gasteiger partial charge in [0.1, 0.15) is 0 Å². The highest BCUT2D eigenvalue weighted by atomic mass is 32.2. The summed E-state index contributed by atoms with van der Waals surface area (Å²) >= 11 is 3.57. The van der Waals surface area contributed by atoms with Gasteiger partial charge in [0.05, 0.1) is 0 Å². The van der Waals surface area contributed by atoms with E-state index in [9.17, 15) is 0 Å². The van der Waals surface area contributed by atoms with Crippen LogP contribution < -0.4 is 0 Å². The molecule has 0 saturated heterocycles. The zero-order valence-corrected chi connectivity index (χ0v) is 11.4. The van der Waals surface area contributed by atoms with Crippen LogP contribution in [0, 0.1) is 0 Å². The fourth-order valence-corrected chi connectivity index (χ4v) is 2.99. The minimum Gasteiger partial charge on any atom is -0.355 e. The van der Waals surface area contributed by atoms with Gasteiger partial charge in [-0.25, -0.2) is 0 Å². The number of H-pyrrole nitrogens is 1. The van der Waals surface area contributed by atoms with Crippen molar-refractivity contribution in [2.45, 2.75) is 9.79 Å². The van der Waals surface area contributed by atoms with Crippen molar-refractivity contribution in [3.05, 3.63) is 36.4 Å². The van der Waals surface area contributed by atoms with Crippen molar-refractivity contribution in [3.8, 4) is 0 Å². The van der Waals surface area contributed by atoms with Gasteiger partial charge in [-0.05, 0) is 48.9 Å². The van der Waals surface area contributed by atoms with Crippen molar-refractivity contribution < 1.29 is 0 Å². The zero-order chi connectivity index (χ0) is 11.8. The first-order valence-corrected chi connectivity index (χ1v) is 7.90. The number of thioether (sulfide) groups is 2. The summed E-state index contributed by atoms with van der Waals surface area (Å²) in [5.41, 5.74) is 2.44. The maximum absolute atomic E-state index is 3.46. The van der Waals surface area contributed by atoms with Crippen molar-refractivity contribution in [2.24, 2.45) is 0 Å². The maximum atomic E-state index is 3.46. The minimum absolute atomic E-state index is 1.22. The van der Waals surface area contributed by atoms with Gasteiger partial charge in [-0.2, -0.15) is 0 Å². The van der Waals surface area contributed by atoms with Crippen molar-refractivity contribution in [1.82, 2.24) is 4.98 Å². The summed E-state index contributed by atoms with van der Waals surface area (Å²) in [6.45, 7) is 0. The number of rotatable bonds is 2. The molecule has 0 unspecified atom stereocenters. The van der Waals surface area contributed by atoms with Gasteiger partial charge in [-0.3, -0.25) is 0 Å². The largest absolute Gasteiger partial charge is 0.355 e. The van der Waals surface area contributed by atoms with Crippen molar-refractivity contribution in [2.75, 3.05) is 12.5 Å². The van der Waals surface area contributed by atoms with Gasteiger partial charge >= 0.3 is 0 Å². The van der Waals surface area contributed by atoms with E-state index in [4.69, 9.17) is 0 Å². The second-order valence-corrected chi connectivity index (χ2v) is 5.71. The van der Waals surface area contributed by atoms with E-state index in [0.29, 0.717) is 0 Å². The first-order valence-electron chi connectivity index (χ1n) is 5.45. The molecule has 3 aromatic rings. The fraction of sp³-hybridized carbons (Fsp3) is 0.143. The molecule has 0 amide bonds. The van der Waals surface area contributed by atoms with E-state index in [1.54, 1.807) is 23.5 Å². The van der Waals surface area contributed by atoms with E-state index in [2.05, 4.69) is 53.9 Å². The summed E-state index contributed by atoms with van der Waals surface area (Å²) in [4.78, 5) is 6.09. The standard InChI is InChI=1S/C14H13NS2/c1-16-9-3-5-13-11(7-9)12-8-10(17-2)4-6-14(12)15-13/h3-8,15H,1-2H3. The van der Waals surface area contributed by atoms with Crippen LogP contribution in [0.3, 0.4) is 0 Å². The number of nitrogens with one attached hydrogen (secondary N) is 1. The van der Waals surface area contributed by atoms with E-state index >= 15 is 0 Å². The lowest BCUT2D eigenvalue weighted by atomic mass is 10.1. The number of aromatic amines is 1. The minimum atomic E-state index is 1.22. The summed E-state index contributed by atoms with van der Waals surface area (Å²) in [5, 5.41) is 2.64. The Hall–Kier alpha value is -1.06. The fourth-order valence-electron chi connectivity index (χ4n) is 2.11. The lowest BCUT2D eigenvalue weighted by molar-refractivity contribution is 1.47. The smallest absolute Gasteiger partial charge is 0.0465 e. The average Bonchev–Trinajstić information content (AvgIpc) is 2.75. The molecule has 1 heterocycles. The number of aromatic nitrogens is 1. The Balaban J connectivity index is 2.37. The van der Waals surface area contributed by atoms with Gasteiger partial charge in [0.25, 0.3) is 0 Å². The molecule has 17 heavy (non-hydrogen) atoms. The van der Waals surface area contributed by atoms with Crippen LogP contribution in [-0.2, 0) is 0 Å². The molecule has 0 aliphatic rings. The second-order valence-electron chi connectivity index (χ2n) is 3.95. The molecule has 0 atom stereocenters. The molecule has 0 aliphatic carbocycles. The summed E-state index contributed by atoms with van der Waals surface area (Å²) in [6, 6.07) is 13.2. The zero-order valence-electron chi connectivity index (χ0n) is 9.78. The SMILES string of the molecule is CSc1ccc2[nH]c3ccc(SC)cc3c2c1. The molecule has 0 fully saturated rings. The summed E-state index contributed by atoms with van der Waals surface area (Å²) in [7, 11) is 0. The van der Waals surface area contributed by atoms with Crippen LogP contribution in [-0.4, -0.2) is 17.5 Å². The van der Waals surface area contributed by atoms with Gasteiger partial charge in [0.2, 0.25) is 0 Å². The number of fused-ring (bicyclic) bond motifs is 3. The lowest BCUT2D eigenvalue weighted by Gasteiger charge is -1.98. The molecular formula is C14H13NS2. The first kappa shape index (κ1) is 11.1. The normalized spacial score (nSPS) is 11.4. The van der Waals surface area contributed by atoms with E-state index in [-0.39, 0.29) is 0 Å². The molecule has 86 valence electrons. The molecule has 0 radical (unpaired) electrons. The molecule has 2 aromatic carbocycles. The Labute approximate surface area is 109 Å². The molecule has 3 rings (SSSR count). The molecule has 0 spiro atoms. The third-order valence-electron chi connectivity index (χ3n) is 3.01. The molecule has 1 nitrogen and oxygen atoms in total. The Morgan fingerprint density at radius 2 is 1.24 bits per heavy atom. The van der Waals surface area contributed by atoms with Crippen LogP contribution in [0.4, 0.5) is 0 Å². The van der Waals surface area contributed by atoms with Crippen LogP contribution in [0.1, 0.15) is 0 Å². The van der Waals surface area contributed by atoms with Gasteiger partial charge in [-0.15, -0.1) is 23.5 Å². The van der Waals surface area contributed by atoms with Gasteiger partial charge < -0.3 is 4.98 Å². The number of benzene rings is 2. The number of hydrogen-bond acceptors (Lipinski definition) is 2. The third kappa shape index (κ3) is 1.83. The Bertz CT molecular complexity index is 627. The summed E-state index contributed by atoms with van der Waals surface area (Å²) in [6.07, 6.45) is 4.23. The van der Waals surface area contributed by atoms with Crippen LogP contribution in [0.25, 0.3) is 21.8 Å². The van der Waals surface area contributed by atoms with Crippen molar-refractivity contribution >= 4 is 45.3 Å². The number of hydrogen-bond donors (Lipinski definition) is 1. The second kappa shape index (κ2) is 4.31. The monoisotopic (exact) mass is 259 g/mol. The highest BCUT2D eigenvalue weighted by Gasteiger charge is 2.05. The first-order chi connectivity index (χ1) is 8.31. The van der Waals surface area contributed by atoms with E-state index < -0.39 is 0 Å². The van der Waals surface area contributed by atoms with Crippen LogP contribution in [0.5, 0.6) is 0 Å². The van der Waals surface area contributed by atoms with Crippen molar-refractivity contribution in [1.29, 1.82) is 0 Å². The highest BCUT2D eigenvalue weighted by Crippen LogP contribution is 2.31. The molecular weight excluding hydrogens is 246 g/mol. The van der Waals surface area contributed by atoms with Crippen molar-refractivity contribution in [3.63, 3.8) is 0 Å². The van der Waals surface area contributed by atoms with E-state index in [1.165, 1.54) is 31.6 Å². The van der Waals surface area contributed by atoms with Gasteiger partial charge in [0, 0.05) is 31.6 Å². The average molecular weight is 259 g/mol. The van der Waals surface area contributed by atoms with E-state index in [1.807, 2.05) is 0 Å². The van der Waals surface area contributed by atoms with Crippen LogP contribution in [0.2, 0.25) is 0 Å². The quantitative estimate of drug-likeness (QED) is 0.667. The lowest BCUT2D eigenvalue weighted by Crippen LogP contribution is -1.71. The third-order valence-corrected chi connectivity index (χ3v) is 4.46. The Morgan fingerprint density at radius 1 is 0.765 bits per heavy atom. The summed E-state index contributed by atoms with van der Waals surface area (Å²) in [5.74, 6) is 0. The Morgan fingerprint density at radius 3 is 1.65 bits per heavy atom. The molecule has 0 bridgehead atoms. The Kier molecular flexibility index (Phi) is 2.81. The molecule has 1 aromatic heterocycles. The molecule has 3 heteroatoms. The molecule has 1 N–H and O–H groups in total. The van der Waals surface area contributed by atoms with Crippen LogP contribution >= 0.6 is 23.5 Å². The van der Waals surface area contributed by atoms with Gasteiger partial charge in [-0.1, -0.05) is 0 Å². The predicted octanol–water partition coefficient (Wildman–Crippen LogP) is 4.76. The van der Waals surface area contributed by atoms with Gasteiger partial charge in [0.15, 0.2) is 0 Å². The molecule has 0 aliphatic heterocycles. The predicted molar refractivity (Wildman–Crippen MR) is 79.4 cm³/mol.